The monoisotopic (exact) mass is 202 g/mol. The van der Waals surface area contributed by atoms with Gasteiger partial charge in [-0.1, -0.05) is 6.92 Å². The molecule has 1 heterocycles. The normalized spacial score (nSPS) is 30.4. The van der Waals surface area contributed by atoms with Crippen molar-refractivity contribution in [2.24, 2.45) is 0 Å². The molecule has 76 valence electrons. The highest BCUT2D eigenvalue weighted by Crippen LogP contribution is 2.39. The van der Waals surface area contributed by atoms with Gasteiger partial charge in [0.05, 0.1) is 0 Å². The largest absolute Gasteiger partial charge is 0.365 e. The highest BCUT2D eigenvalue weighted by Gasteiger charge is 2.32. The summed E-state index contributed by atoms with van der Waals surface area (Å²) in [6, 6.07) is 0. The lowest BCUT2D eigenvalue weighted by molar-refractivity contribution is -0.116. The molecule has 0 saturated carbocycles. The van der Waals surface area contributed by atoms with Crippen LogP contribution in [0.15, 0.2) is 0 Å². The van der Waals surface area contributed by atoms with Crippen molar-refractivity contribution in [2.75, 3.05) is 6.61 Å². The van der Waals surface area contributed by atoms with E-state index >= 15 is 0 Å². The summed E-state index contributed by atoms with van der Waals surface area (Å²) < 4.78 is 5.64. The number of Topliss-reactive ketones (excluding diaryl/α,β-unsaturated/α-hetero) is 1. The molecule has 3 heteroatoms. The molecule has 0 radical (unpaired) electrons. The summed E-state index contributed by atoms with van der Waals surface area (Å²) in [5.74, 6) is 0.265. The Bertz CT molecular complexity index is 185. The SMILES string of the molecule is CC(=O)CC(C)SC1(C)CCCO1. The van der Waals surface area contributed by atoms with Gasteiger partial charge in [-0.15, -0.1) is 11.8 Å². The first-order valence-corrected chi connectivity index (χ1v) is 5.71. The molecule has 0 aliphatic carbocycles. The van der Waals surface area contributed by atoms with Crippen LogP contribution in [0, 0.1) is 0 Å². The minimum absolute atomic E-state index is 0.0329. The van der Waals surface area contributed by atoms with Gasteiger partial charge in [-0.25, -0.2) is 0 Å². The van der Waals surface area contributed by atoms with E-state index in [1.807, 2.05) is 0 Å². The molecule has 0 spiro atoms. The lowest BCUT2D eigenvalue weighted by Crippen LogP contribution is -2.22. The van der Waals surface area contributed by atoms with E-state index in [1.165, 1.54) is 0 Å². The smallest absolute Gasteiger partial charge is 0.130 e. The molecule has 2 nitrogen and oxygen atoms in total. The van der Waals surface area contributed by atoms with Gasteiger partial charge in [-0.2, -0.15) is 0 Å². The predicted octanol–water partition coefficient (Wildman–Crippen LogP) is 2.61. The van der Waals surface area contributed by atoms with Crippen molar-refractivity contribution in [1.29, 1.82) is 0 Å². The fourth-order valence-corrected chi connectivity index (χ4v) is 3.30. The van der Waals surface area contributed by atoms with E-state index in [0.717, 1.165) is 19.4 Å². The van der Waals surface area contributed by atoms with Crippen molar-refractivity contribution in [3.63, 3.8) is 0 Å². The van der Waals surface area contributed by atoms with Crippen molar-refractivity contribution in [3.05, 3.63) is 0 Å². The molecule has 0 aromatic heterocycles. The van der Waals surface area contributed by atoms with Crippen LogP contribution < -0.4 is 0 Å². The Labute approximate surface area is 84.4 Å². The summed E-state index contributed by atoms with van der Waals surface area (Å²) in [7, 11) is 0. The van der Waals surface area contributed by atoms with E-state index in [9.17, 15) is 4.79 Å². The summed E-state index contributed by atoms with van der Waals surface area (Å²) in [4.78, 5) is 10.8. The maximum Gasteiger partial charge on any atom is 0.130 e. The van der Waals surface area contributed by atoms with Gasteiger partial charge < -0.3 is 4.74 Å². The van der Waals surface area contributed by atoms with Gasteiger partial charge in [-0.3, -0.25) is 4.79 Å². The third kappa shape index (κ3) is 3.69. The van der Waals surface area contributed by atoms with Gasteiger partial charge in [0.15, 0.2) is 0 Å². The Kier molecular flexibility index (Phi) is 3.80. The van der Waals surface area contributed by atoms with Gasteiger partial charge in [-0.05, 0) is 26.7 Å². The van der Waals surface area contributed by atoms with E-state index in [4.69, 9.17) is 4.74 Å². The average molecular weight is 202 g/mol. The van der Waals surface area contributed by atoms with Gasteiger partial charge in [0.1, 0.15) is 10.7 Å². The summed E-state index contributed by atoms with van der Waals surface area (Å²) in [5, 5.41) is 0.376. The second-order valence-corrected chi connectivity index (χ2v) is 5.82. The third-order valence-corrected chi connectivity index (χ3v) is 3.60. The second-order valence-electron chi connectivity index (χ2n) is 3.92. The number of carbonyl (C=O) groups excluding carboxylic acids is 1. The first kappa shape index (κ1) is 11.1. The van der Waals surface area contributed by atoms with Gasteiger partial charge in [0.25, 0.3) is 0 Å². The van der Waals surface area contributed by atoms with Crippen LogP contribution in [0.25, 0.3) is 0 Å². The Morgan fingerprint density at radius 1 is 1.69 bits per heavy atom. The first-order valence-electron chi connectivity index (χ1n) is 4.83. The molecule has 2 atom stereocenters. The van der Waals surface area contributed by atoms with Crippen LogP contribution in [0.3, 0.4) is 0 Å². The predicted molar refractivity (Wildman–Crippen MR) is 55.9 cm³/mol. The van der Waals surface area contributed by atoms with Crippen LogP contribution in [0.2, 0.25) is 0 Å². The van der Waals surface area contributed by atoms with Gasteiger partial charge >= 0.3 is 0 Å². The molecule has 0 aromatic rings. The highest BCUT2D eigenvalue weighted by molar-refractivity contribution is 8.01. The molecule has 0 amide bonds. The maximum absolute atomic E-state index is 10.9. The Morgan fingerprint density at radius 3 is 2.85 bits per heavy atom. The Hall–Kier alpha value is -0.0200. The number of thioether (sulfide) groups is 1. The van der Waals surface area contributed by atoms with E-state index < -0.39 is 0 Å². The number of carbonyl (C=O) groups is 1. The number of hydrogen-bond acceptors (Lipinski definition) is 3. The first-order chi connectivity index (χ1) is 6.02. The molecular formula is C10H18O2S. The molecule has 1 saturated heterocycles. The lowest BCUT2D eigenvalue weighted by Gasteiger charge is -2.25. The zero-order valence-corrected chi connectivity index (χ0v) is 9.45. The van der Waals surface area contributed by atoms with Crippen LogP contribution in [0.4, 0.5) is 0 Å². The molecule has 1 aliphatic rings. The maximum atomic E-state index is 10.9. The van der Waals surface area contributed by atoms with Gasteiger partial charge in [0, 0.05) is 18.3 Å². The molecule has 13 heavy (non-hydrogen) atoms. The summed E-state index contributed by atoms with van der Waals surface area (Å²) in [6.45, 7) is 6.74. The highest BCUT2D eigenvalue weighted by atomic mass is 32.2. The van der Waals surface area contributed by atoms with Gasteiger partial charge in [0.2, 0.25) is 0 Å². The van der Waals surface area contributed by atoms with Crippen LogP contribution in [0.5, 0.6) is 0 Å². The lowest BCUT2D eigenvalue weighted by atomic mass is 10.2. The Morgan fingerprint density at radius 2 is 2.38 bits per heavy atom. The summed E-state index contributed by atoms with van der Waals surface area (Å²) in [5.41, 5.74) is 0. The minimum atomic E-state index is -0.0329. The fraction of sp³-hybridized carbons (Fsp3) is 0.900. The standard InChI is InChI=1S/C10H18O2S/c1-8(11)7-9(2)13-10(3)5-4-6-12-10/h9H,4-7H2,1-3H3. The Balaban J connectivity index is 2.33. The molecule has 0 N–H and O–H groups in total. The molecule has 0 aromatic carbocycles. The molecule has 2 unspecified atom stereocenters. The number of hydrogen-bond donors (Lipinski definition) is 0. The van der Waals surface area contributed by atoms with E-state index in [0.29, 0.717) is 11.7 Å². The van der Waals surface area contributed by atoms with Crippen molar-refractivity contribution in [3.8, 4) is 0 Å². The fourth-order valence-electron chi connectivity index (χ4n) is 1.72. The van der Waals surface area contributed by atoms with Crippen LogP contribution in [0.1, 0.15) is 40.0 Å². The van der Waals surface area contributed by atoms with Crippen LogP contribution in [-0.2, 0) is 9.53 Å². The molecule has 1 aliphatic heterocycles. The zero-order chi connectivity index (χ0) is 9.90. The van der Waals surface area contributed by atoms with E-state index in [-0.39, 0.29) is 10.7 Å². The second kappa shape index (κ2) is 4.47. The van der Waals surface area contributed by atoms with Crippen LogP contribution >= 0.6 is 11.8 Å². The number of ketones is 1. The topological polar surface area (TPSA) is 26.3 Å². The van der Waals surface area contributed by atoms with Crippen molar-refractivity contribution < 1.29 is 9.53 Å². The molecular weight excluding hydrogens is 184 g/mol. The van der Waals surface area contributed by atoms with Crippen LogP contribution in [-0.4, -0.2) is 22.6 Å². The van der Waals surface area contributed by atoms with Crippen molar-refractivity contribution >= 4 is 17.5 Å². The molecule has 0 bridgehead atoms. The third-order valence-electron chi connectivity index (χ3n) is 2.21. The van der Waals surface area contributed by atoms with Crippen molar-refractivity contribution in [2.45, 2.75) is 50.2 Å². The average Bonchev–Trinajstić information content (AvgIpc) is 2.33. The molecule has 1 fully saturated rings. The van der Waals surface area contributed by atoms with E-state index in [1.54, 1.807) is 18.7 Å². The summed E-state index contributed by atoms with van der Waals surface area (Å²) >= 11 is 1.79. The van der Waals surface area contributed by atoms with Crippen molar-refractivity contribution in [1.82, 2.24) is 0 Å². The van der Waals surface area contributed by atoms with E-state index in [2.05, 4.69) is 13.8 Å². The zero-order valence-electron chi connectivity index (χ0n) is 8.63. The molecule has 1 rings (SSSR count). The number of rotatable bonds is 4. The summed E-state index contributed by atoms with van der Waals surface area (Å²) in [6.07, 6.45) is 2.92. The number of ether oxygens (including phenoxy) is 1. The minimum Gasteiger partial charge on any atom is -0.365 e. The quantitative estimate of drug-likeness (QED) is 0.701.